The molecule has 330 valence electrons. The van der Waals surface area contributed by atoms with Crippen LogP contribution >= 0.6 is 11.6 Å². The van der Waals surface area contributed by atoms with Gasteiger partial charge in [0.1, 0.15) is 16.9 Å². The molecule has 2 unspecified atom stereocenters. The van der Waals surface area contributed by atoms with Crippen molar-refractivity contribution in [2.24, 2.45) is 13.0 Å². The third-order valence-electron chi connectivity index (χ3n) is 13.5. The van der Waals surface area contributed by atoms with Gasteiger partial charge >= 0.3 is 5.69 Å². The van der Waals surface area contributed by atoms with Gasteiger partial charge in [-0.05, 0) is 124 Å². The zero-order valence-electron chi connectivity index (χ0n) is 35.1. The van der Waals surface area contributed by atoms with Gasteiger partial charge in [-0.25, -0.2) is 22.9 Å². The first-order chi connectivity index (χ1) is 29.8. The van der Waals surface area contributed by atoms with Gasteiger partial charge in [-0.1, -0.05) is 30.5 Å². The summed E-state index contributed by atoms with van der Waals surface area (Å²) in [7, 11) is -2.01. The number of carbonyl (C=O) groups excluding carboxylic acids is 1. The van der Waals surface area contributed by atoms with Gasteiger partial charge in [0.2, 0.25) is 21.9 Å². The lowest BCUT2D eigenvalue weighted by atomic mass is 9.81. The van der Waals surface area contributed by atoms with Crippen molar-refractivity contribution in [2.75, 3.05) is 38.1 Å². The number of nitrogens with one attached hydrogen (secondary N) is 3. The summed E-state index contributed by atoms with van der Waals surface area (Å²) in [6.07, 6.45) is 9.19. The molecule has 0 bridgehead atoms. The van der Waals surface area contributed by atoms with Crippen molar-refractivity contribution in [3.63, 3.8) is 0 Å². The Balaban J connectivity index is 0.715. The molecule has 2 aliphatic heterocycles. The summed E-state index contributed by atoms with van der Waals surface area (Å²) in [5.41, 5.74) is 4.22. The third-order valence-corrected chi connectivity index (χ3v) is 15.2. The summed E-state index contributed by atoms with van der Waals surface area (Å²) in [5, 5.41) is 17.1. The van der Waals surface area contributed by atoms with E-state index in [1.807, 2.05) is 13.0 Å². The van der Waals surface area contributed by atoms with Gasteiger partial charge in [-0.2, -0.15) is 4.98 Å². The number of aryl methyl sites for hydroxylation is 2. The van der Waals surface area contributed by atoms with E-state index in [-0.39, 0.29) is 58.8 Å². The minimum Gasteiger partial charge on any atom is -0.377 e. The molecule has 3 aromatic heterocycles. The molecule has 2 saturated heterocycles. The maximum absolute atomic E-state index is 13.2. The van der Waals surface area contributed by atoms with Gasteiger partial charge in [-0.3, -0.25) is 23.3 Å². The maximum Gasteiger partial charge on any atom is 0.329 e. The van der Waals surface area contributed by atoms with E-state index in [0.29, 0.717) is 46.5 Å². The number of hydrogen-bond donors (Lipinski definition) is 4. The SMILES string of the molecule is Cc1cc(S(=O)(=O)NCCO[C@H]2C[C@H](CN3CCC(c4ccc5c(c4)n(C)c(=O)n5C4CCC(=O)NC4O)CC3)C2)ccc1Nc1ncc2cc(Cl)c(=O)n(C3CCCC3)c2n1. The Morgan fingerprint density at radius 2 is 1.74 bits per heavy atom. The van der Waals surface area contributed by atoms with Gasteiger partial charge in [0.15, 0.2) is 0 Å². The number of halogens is 1. The molecule has 5 aromatic rings. The summed E-state index contributed by atoms with van der Waals surface area (Å²) in [6, 6.07) is 12.2. The van der Waals surface area contributed by atoms with E-state index < -0.39 is 22.3 Å². The van der Waals surface area contributed by atoms with Crippen molar-refractivity contribution in [3.8, 4) is 0 Å². The number of carbonyl (C=O) groups is 1. The average molecular weight is 888 g/mol. The fourth-order valence-electron chi connectivity index (χ4n) is 9.97. The van der Waals surface area contributed by atoms with Crippen LogP contribution in [0, 0.1) is 12.8 Å². The summed E-state index contributed by atoms with van der Waals surface area (Å²) in [5.74, 6) is 1.03. The second-order valence-electron chi connectivity index (χ2n) is 17.6. The van der Waals surface area contributed by atoms with Crippen LogP contribution in [0.2, 0.25) is 5.02 Å². The predicted molar refractivity (Wildman–Crippen MR) is 236 cm³/mol. The first-order valence-electron chi connectivity index (χ1n) is 21.8. The number of likely N-dealkylation sites (tertiary alicyclic amines) is 1. The smallest absolute Gasteiger partial charge is 0.329 e. The molecule has 0 spiro atoms. The van der Waals surface area contributed by atoms with E-state index in [1.54, 1.807) is 51.2 Å². The zero-order chi connectivity index (χ0) is 43.3. The third kappa shape index (κ3) is 8.54. The number of imidazole rings is 1. The van der Waals surface area contributed by atoms with Crippen LogP contribution in [0.15, 0.2) is 63.1 Å². The Morgan fingerprint density at radius 1 is 0.968 bits per heavy atom. The molecule has 4 N–H and O–H groups in total. The first kappa shape index (κ1) is 42.6. The molecule has 9 rings (SSSR count). The molecule has 5 heterocycles. The van der Waals surface area contributed by atoms with Crippen LogP contribution in [0.4, 0.5) is 11.6 Å². The first-order valence-corrected chi connectivity index (χ1v) is 23.7. The number of fused-ring (bicyclic) bond motifs is 2. The molecular formula is C44H54ClN9O7S. The highest BCUT2D eigenvalue weighted by Crippen LogP contribution is 2.36. The number of hydrogen-bond acceptors (Lipinski definition) is 11. The molecule has 2 aliphatic carbocycles. The number of aliphatic hydroxyl groups is 1. The number of aromatic nitrogens is 5. The Labute approximate surface area is 364 Å². The Bertz CT molecular complexity index is 2730. The minimum atomic E-state index is -3.77. The fourth-order valence-corrected chi connectivity index (χ4v) is 11.3. The Morgan fingerprint density at radius 3 is 2.48 bits per heavy atom. The molecule has 2 saturated carbocycles. The lowest BCUT2D eigenvalue weighted by Crippen LogP contribution is -2.47. The number of anilines is 2. The Hall–Kier alpha value is -4.65. The number of aliphatic hydroxyl groups excluding tert-OH is 1. The van der Waals surface area contributed by atoms with E-state index in [0.717, 1.165) is 82.0 Å². The largest absolute Gasteiger partial charge is 0.377 e. The highest BCUT2D eigenvalue weighted by atomic mass is 35.5. The quantitative estimate of drug-likeness (QED) is 0.116. The highest BCUT2D eigenvalue weighted by molar-refractivity contribution is 7.89. The van der Waals surface area contributed by atoms with E-state index >= 15 is 0 Å². The zero-order valence-corrected chi connectivity index (χ0v) is 36.6. The van der Waals surface area contributed by atoms with Crippen LogP contribution in [0.1, 0.15) is 93.3 Å². The molecule has 18 heteroatoms. The topological polar surface area (TPSA) is 195 Å². The van der Waals surface area contributed by atoms with E-state index in [1.165, 1.54) is 5.56 Å². The summed E-state index contributed by atoms with van der Waals surface area (Å²) < 4.78 is 40.1. The van der Waals surface area contributed by atoms with Gasteiger partial charge in [0.05, 0.1) is 34.7 Å². The summed E-state index contributed by atoms with van der Waals surface area (Å²) >= 11 is 6.28. The van der Waals surface area contributed by atoms with E-state index in [2.05, 4.69) is 37.4 Å². The van der Waals surface area contributed by atoms with Crippen LogP contribution in [-0.4, -0.2) is 93.1 Å². The highest BCUT2D eigenvalue weighted by Gasteiger charge is 2.34. The molecule has 1 amide bonds. The monoisotopic (exact) mass is 887 g/mol. The van der Waals surface area contributed by atoms with Crippen LogP contribution in [0.25, 0.3) is 22.1 Å². The lowest BCUT2D eigenvalue weighted by molar-refractivity contribution is -0.128. The molecule has 62 heavy (non-hydrogen) atoms. The standard InChI is InChI=1S/C44H54ClN9O7S/c1-26-19-33(8-9-35(26)48-43-46-24-30-22-34(45)42(57)53(40(30)50-43)31-5-3-4-6-31)62(59,60)47-15-18-61-32-20-27(21-32)25-52-16-13-28(14-17-52)29-7-10-36-38(23-29)51(2)44(58)54(36)37-11-12-39(55)49-41(37)56/h7-10,19,22-24,27-28,31-32,37,41,47,56H,3-6,11-18,20-21,25H2,1-2H3,(H,49,55)(H,46,48,50)/t27-,32-,37?,41?. The number of pyridine rings is 1. The number of nitrogens with zero attached hydrogens (tertiary/aromatic N) is 6. The number of benzene rings is 2. The minimum absolute atomic E-state index is 0.0393. The number of ether oxygens (including phenoxy) is 1. The van der Waals surface area contributed by atoms with E-state index in [9.17, 15) is 27.9 Å². The molecule has 4 fully saturated rings. The average Bonchev–Trinajstić information content (AvgIpc) is 3.86. The van der Waals surface area contributed by atoms with Crippen LogP contribution < -0.4 is 26.6 Å². The summed E-state index contributed by atoms with van der Waals surface area (Å²) in [6.45, 7) is 5.27. The number of rotatable bonds is 13. The van der Waals surface area contributed by atoms with Crippen LogP contribution in [0.3, 0.4) is 0 Å². The number of amides is 1. The van der Waals surface area contributed by atoms with Crippen molar-refractivity contribution < 1.29 is 23.1 Å². The van der Waals surface area contributed by atoms with Crippen molar-refractivity contribution in [1.29, 1.82) is 0 Å². The van der Waals surface area contributed by atoms with Crippen molar-refractivity contribution in [1.82, 2.24) is 38.6 Å². The van der Waals surface area contributed by atoms with Crippen molar-refractivity contribution in [2.45, 2.75) is 106 Å². The lowest BCUT2D eigenvalue weighted by Gasteiger charge is -2.40. The number of sulfonamides is 1. The van der Waals surface area contributed by atoms with Gasteiger partial charge in [0, 0.05) is 49.9 Å². The van der Waals surface area contributed by atoms with Crippen molar-refractivity contribution in [3.05, 3.63) is 85.6 Å². The fraction of sp³-hybridized carbons (Fsp3) is 0.523. The maximum atomic E-state index is 13.2. The van der Waals surface area contributed by atoms with Gasteiger partial charge in [-0.15, -0.1) is 0 Å². The molecule has 4 aliphatic rings. The van der Waals surface area contributed by atoms with Crippen LogP contribution in [-0.2, 0) is 26.6 Å². The van der Waals surface area contributed by atoms with Gasteiger partial charge in [0.25, 0.3) is 5.56 Å². The van der Waals surface area contributed by atoms with Gasteiger partial charge < -0.3 is 25.4 Å². The second-order valence-corrected chi connectivity index (χ2v) is 19.7. The molecule has 2 atom stereocenters. The normalized spacial score (nSPS) is 22.9. The summed E-state index contributed by atoms with van der Waals surface area (Å²) in [4.78, 5) is 49.8. The van der Waals surface area contributed by atoms with E-state index in [4.69, 9.17) is 21.3 Å². The second kappa shape index (κ2) is 17.5. The Kier molecular flexibility index (Phi) is 12.0. The molecule has 16 nitrogen and oxygen atoms in total. The molecular weight excluding hydrogens is 834 g/mol. The van der Waals surface area contributed by atoms with Crippen LogP contribution in [0.5, 0.6) is 0 Å². The number of piperidine rings is 2. The molecule has 2 aromatic carbocycles. The molecule has 0 radical (unpaired) electrons. The van der Waals surface area contributed by atoms with Crippen molar-refractivity contribution >= 4 is 61.2 Å². The predicted octanol–water partition coefficient (Wildman–Crippen LogP) is 4.99.